The SMILES string of the molecule is CC(=O)Oc1c(I)cc(/C=C2\N=C(c3cccc([N+](=O)[O-])c3C)OC2=O)cc1I. The topological polar surface area (TPSA) is 108 Å². The smallest absolute Gasteiger partial charge is 0.363 e. The van der Waals surface area contributed by atoms with Crippen molar-refractivity contribution < 1.29 is 24.0 Å². The molecule has 0 N–H and O–H groups in total. The maximum Gasteiger partial charge on any atom is 0.363 e. The quantitative estimate of drug-likeness (QED) is 0.126. The van der Waals surface area contributed by atoms with E-state index in [2.05, 4.69) is 4.99 Å². The van der Waals surface area contributed by atoms with E-state index < -0.39 is 16.9 Å². The molecule has 0 spiro atoms. The summed E-state index contributed by atoms with van der Waals surface area (Å²) in [5.74, 6) is -0.609. The fraction of sp³-hybridized carbons (Fsp3) is 0.105. The van der Waals surface area contributed by atoms with Crippen LogP contribution in [0.5, 0.6) is 5.75 Å². The molecule has 0 aromatic heterocycles. The molecule has 0 bridgehead atoms. The normalized spacial score (nSPS) is 14.6. The Morgan fingerprint density at radius 3 is 2.52 bits per heavy atom. The van der Waals surface area contributed by atoms with E-state index in [1.165, 1.54) is 19.1 Å². The highest BCUT2D eigenvalue weighted by atomic mass is 127. The van der Waals surface area contributed by atoms with Gasteiger partial charge in [0.2, 0.25) is 5.90 Å². The monoisotopic (exact) mass is 618 g/mol. The standard InChI is InChI=1S/C19H12I2N2O6/c1-9-12(4-3-5-16(9)23(26)27)18-22-15(19(25)29-18)8-11-6-13(20)17(14(21)7-11)28-10(2)24/h3-8H,1-2H3/b15-8-. The van der Waals surface area contributed by atoms with E-state index >= 15 is 0 Å². The van der Waals surface area contributed by atoms with Crippen LogP contribution in [0.1, 0.15) is 23.6 Å². The van der Waals surface area contributed by atoms with Crippen LogP contribution in [0.3, 0.4) is 0 Å². The predicted octanol–water partition coefficient (Wildman–Crippen LogP) is 4.38. The van der Waals surface area contributed by atoms with E-state index in [0.29, 0.717) is 29.6 Å². The molecule has 1 aliphatic rings. The zero-order valence-electron chi connectivity index (χ0n) is 15.1. The maximum atomic E-state index is 12.3. The molecule has 2 aromatic rings. The summed E-state index contributed by atoms with van der Waals surface area (Å²) >= 11 is 4.07. The molecule has 29 heavy (non-hydrogen) atoms. The molecular weight excluding hydrogens is 606 g/mol. The lowest BCUT2D eigenvalue weighted by atomic mass is 10.1. The van der Waals surface area contributed by atoms with Gasteiger partial charge >= 0.3 is 11.9 Å². The van der Waals surface area contributed by atoms with Gasteiger partial charge in [-0.3, -0.25) is 14.9 Å². The molecule has 148 valence electrons. The third-order valence-electron chi connectivity index (χ3n) is 3.92. The molecule has 0 amide bonds. The van der Waals surface area contributed by atoms with E-state index in [9.17, 15) is 19.7 Å². The summed E-state index contributed by atoms with van der Waals surface area (Å²) < 4.78 is 11.8. The van der Waals surface area contributed by atoms with Gasteiger partial charge in [0.15, 0.2) is 11.4 Å². The Hall–Kier alpha value is -2.35. The number of carbonyl (C=O) groups excluding carboxylic acids is 2. The Morgan fingerprint density at radius 2 is 1.93 bits per heavy atom. The number of rotatable bonds is 4. The zero-order valence-corrected chi connectivity index (χ0v) is 19.4. The van der Waals surface area contributed by atoms with Crippen LogP contribution in [-0.2, 0) is 14.3 Å². The molecule has 3 rings (SSSR count). The van der Waals surface area contributed by atoms with Gasteiger partial charge < -0.3 is 9.47 Å². The molecule has 0 aliphatic carbocycles. The second-order valence-corrected chi connectivity index (χ2v) is 8.27. The fourth-order valence-electron chi connectivity index (χ4n) is 2.64. The molecule has 0 saturated carbocycles. The Kier molecular flexibility index (Phi) is 6.31. The van der Waals surface area contributed by atoms with Gasteiger partial charge in [0, 0.05) is 24.1 Å². The second-order valence-electron chi connectivity index (χ2n) is 5.95. The van der Waals surface area contributed by atoms with Crippen LogP contribution in [-0.4, -0.2) is 22.8 Å². The van der Waals surface area contributed by atoms with Crippen LogP contribution in [0.15, 0.2) is 41.0 Å². The number of nitro groups is 1. The number of aliphatic imine (C=N–C) groups is 1. The Balaban J connectivity index is 1.99. The van der Waals surface area contributed by atoms with Crippen molar-refractivity contribution in [1.29, 1.82) is 0 Å². The van der Waals surface area contributed by atoms with E-state index in [-0.39, 0.29) is 17.3 Å². The van der Waals surface area contributed by atoms with Gasteiger partial charge in [0.1, 0.15) is 0 Å². The van der Waals surface area contributed by atoms with Crippen LogP contribution in [0.4, 0.5) is 5.69 Å². The van der Waals surface area contributed by atoms with Crippen molar-refractivity contribution in [2.45, 2.75) is 13.8 Å². The molecule has 10 heteroatoms. The van der Waals surface area contributed by atoms with Crippen molar-refractivity contribution in [3.8, 4) is 5.75 Å². The van der Waals surface area contributed by atoms with Crippen LogP contribution in [0.2, 0.25) is 0 Å². The Labute approximate surface area is 192 Å². The number of esters is 2. The van der Waals surface area contributed by atoms with Gasteiger partial charge in [-0.1, -0.05) is 6.07 Å². The Morgan fingerprint density at radius 1 is 1.28 bits per heavy atom. The first-order valence-corrected chi connectivity index (χ1v) is 10.3. The molecule has 1 aliphatic heterocycles. The molecule has 0 atom stereocenters. The van der Waals surface area contributed by atoms with Crippen molar-refractivity contribution in [1.82, 2.24) is 0 Å². The van der Waals surface area contributed by atoms with Crippen LogP contribution >= 0.6 is 45.2 Å². The van der Waals surface area contributed by atoms with Crippen LogP contribution in [0, 0.1) is 24.2 Å². The molecule has 8 nitrogen and oxygen atoms in total. The fourth-order valence-corrected chi connectivity index (χ4v) is 4.68. The molecular formula is C19H12I2N2O6. The summed E-state index contributed by atoms with van der Waals surface area (Å²) in [6, 6.07) is 7.98. The van der Waals surface area contributed by atoms with Crippen LogP contribution < -0.4 is 4.74 Å². The minimum Gasteiger partial charge on any atom is -0.424 e. The van der Waals surface area contributed by atoms with E-state index in [1.807, 2.05) is 45.2 Å². The van der Waals surface area contributed by atoms with Gasteiger partial charge in [-0.05, 0) is 81.9 Å². The minimum absolute atomic E-state index is 0.0170. The first kappa shape index (κ1) is 21.4. The second kappa shape index (κ2) is 8.57. The Bertz CT molecular complexity index is 1100. The number of hydrogen-bond acceptors (Lipinski definition) is 7. The molecule has 1 heterocycles. The summed E-state index contributed by atoms with van der Waals surface area (Å²) in [6.07, 6.45) is 1.55. The van der Waals surface area contributed by atoms with Crippen molar-refractivity contribution in [3.05, 3.63) is 70.0 Å². The van der Waals surface area contributed by atoms with E-state index in [4.69, 9.17) is 9.47 Å². The van der Waals surface area contributed by atoms with E-state index in [1.54, 1.807) is 31.2 Å². The van der Waals surface area contributed by atoms with Gasteiger partial charge in [0.25, 0.3) is 5.69 Å². The number of nitro benzene ring substituents is 1. The van der Waals surface area contributed by atoms with Crippen LogP contribution in [0.25, 0.3) is 6.08 Å². The number of benzene rings is 2. The summed E-state index contributed by atoms with van der Waals surface area (Å²) in [6.45, 7) is 2.90. The van der Waals surface area contributed by atoms with Gasteiger partial charge in [-0.2, -0.15) is 0 Å². The highest BCUT2D eigenvalue weighted by Gasteiger charge is 2.27. The third-order valence-corrected chi connectivity index (χ3v) is 5.53. The predicted molar refractivity (Wildman–Crippen MR) is 122 cm³/mol. The number of ether oxygens (including phenoxy) is 2. The molecule has 2 aromatic carbocycles. The zero-order chi connectivity index (χ0) is 21.3. The van der Waals surface area contributed by atoms with Gasteiger partial charge in [0.05, 0.1) is 12.1 Å². The van der Waals surface area contributed by atoms with Crippen molar-refractivity contribution >= 4 is 74.8 Å². The highest BCUT2D eigenvalue weighted by Crippen LogP contribution is 2.31. The lowest BCUT2D eigenvalue weighted by Crippen LogP contribution is -2.08. The number of cyclic esters (lactones) is 1. The van der Waals surface area contributed by atoms with Crippen molar-refractivity contribution in [2.24, 2.45) is 4.99 Å². The molecule has 0 radical (unpaired) electrons. The summed E-state index contributed by atoms with van der Waals surface area (Å²) in [5.41, 5.74) is 1.40. The minimum atomic E-state index is -0.653. The number of halogens is 2. The first-order chi connectivity index (χ1) is 13.7. The molecule has 0 fully saturated rings. The summed E-state index contributed by atoms with van der Waals surface area (Å²) in [5, 5.41) is 11.1. The lowest BCUT2D eigenvalue weighted by Gasteiger charge is -2.08. The summed E-state index contributed by atoms with van der Waals surface area (Å²) in [4.78, 5) is 38.3. The maximum absolute atomic E-state index is 12.3. The average Bonchev–Trinajstić information content (AvgIpc) is 2.98. The number of carbonyl (C=O) groups is 2. The average molecular weight is 618 g/mol. The van der Waals surface area contributed by atoms with E-state index in [0.717, 1.165) is 0 Å². The lowest BCUT2D eigenvalue weighted by molar-refractivity contribution is -0.385. The molecule has 0 saturated heterocycles. The summed E-state index contributed by atoms with van der Waals surface area (Å²) in [7, 11) is 0. The van der Waals surface area contributed by atoms with Crippen molar-refractivity contribution in [3.63, 3.8) is 0 Å². The first-order valence-electron chi connectivity index (χ1n) is 8.11. The third kappa shape index (κ3) is 4.63. The highest BCUT2D eigenvalue weighted by molar-refractivity contribution is 14.1. The van der Waals surface area contributed by atoms with Gasteiger partial charge in [-0.25, -0.2) is 9.79 Å². The molecule has 0 unspecified atom stereocenters. The largest absolute Gasteiger partial charge is 0.424 e. The van der Waals surface area contributed by atoms with Gasteiger partial charge in [-0.15, -0.1) is 0 Å². The number of hydrogen-bond donors (Lipinski definition) is 0. The number of nitrogens with zero attached hydrogens (tertiary/aromatic N) is 2. The van der Waals surface area contributed by atoms with Crippen molar-refractivity contribution in [2.75, 3.05) is 0 Å².